The zero-order valence-corrected chi connectivity index (χ0v) is 24.6. The molecular weight excluding hydrogens is 556 g/mol. The van der Waals surface area contributed by atoms with Gasteiger partial charge in [0.15, 0.2) is 0 Å². The predicted molar refractivity (Wildman–Crippen MR) is 162 cm³/mol. The van der Waals surface area contributed by atoms with E-state index in [1.165, 1.54) is 26.4 Å². The second-order valence-corrected chi connectivity index (χ2v) is 10.7. The second-order valence-electron chi connectivity index (χ2n) is 10.7. The molecule has 2 unspecified atom stereocenters. The van der Waals surface area contributed by atoms with Crippen LogP contribution in [0.4, 0.5) is 11.4 Å². The maximum atomic E-state index is 13.2. The number of methoxy groups -OCH3 is 2. The van der Waals surface area contributed by atoms with Gasteiger partial charge in [0.2, 0.25) is 0 Å². The lowest BCUT2D eigenvalue weighted by Crippen LogP contribution is -2.37. The number of nitrogens with two attached hydrogens (primary N) is 2. The molecule has 2 saturated heterocycles. The Balaban J connectivity index is 1.36. The van der Waals surface area contributed by atoms with Gasteiger partial charge < -0.3 is 50.4 Å². The SMILES string of the molecule is C=C1CC(CO)N(C(=O)c2cc(N)c(OCCCOc3cc(OC)c(C(=O)N4CC(=C)CC4CO)cc3N)cc2OC)C1. The molecule has 0 spiro atoms. The molecule has 0 aliphatic carbocycles. The number of anilines is 2. The van der Waals surface area contributed by atoms with E-state index in [1.807, 2.05) is 0 Å². The molecule has 6 N–H and O–H groups in total. The monoisotopic (exact) mass is 596 g/mol. The van der Waals surface area contributed by atoms with Gasteiger partial charge in [-0.1, -0.05) is 24.3 Å². The summed E-state index contributed by atoms with van der Waals surface area (Å²) in [7, 11) is 2.91. The van der Waals surface area contributed by atoms with Gasteiger partial charge in [0.1, 0.15) is 23.0 Å². The van der Waals surface area contributed by atoms with E-state index in [-0.39, 0.29) is 72.8 Å². The number of amides is 2. The maximum absolute atomic E-state index is 13.2. The Labute approximate surface area is 251 Å². The van der Waals surface area contributed by atoms with E-state index in [4.69, 9.17) is 30.4 Å². The highest BCUT2D eigenvalue weighted by molar-refractivity contribution is 5.99. The third-order valence-electron chi connectivity index (χ3n) is 7.59. The van der Waals surface area contributed by atoms with E-state index in [2.05, 4.69) is 13.2 Å². The minimum Gasteiger partial charge on any atom is -0.496 e. The molecule has 2 aliphatic heterocycles. The topological polar surface area (TPSA) is 170 Å². The molecule has 0 radical (unpaired) electrons. The van der Waals surface area contributed by atoms with Crippen molar-refractivity contribution < 1.29 is 38.7 Å². The van der Waals surface area contributed by atoms with Crippen LogP contribution in [0, 0.1) is 0 Å². The number of rotatable bonds is 12. The summed E-state index contributed by atoms with van der Waals surface area (Å²) in [5.41, 5.74) is 15.3. The van der Waals surface area contributed by atoms with Crippen molar-refractivity contribution in [2.24, 2.45) is 0 Å². The van der Waals surface area contributed by atoms with E-state index in [9.17, 15) is 19.8 Å². The van der Waals surface area contributed by atoms with Crippen LogP contribution in [0.15, 0.2) is 48.6 Å². The molecule has 232 valence electrons. The summed E-state index contributed by atoms with van der Waals surface area (Å²) in [5, 5.41) is 19.3. The highest BCUT2D eigenvalue weighted by Gasteiger charge is 2.34. The molecule has 12 nitrogen and oxygen atoms in total. The molecule has 0 saturated carbocycles. The summed E-state index contributed by atoms with van der Waals surface area (Å²) in [6.07, 6.45) is 1.56. The number of hydrogen-bond acceptors (Lipinski definition) is 10. The minimum absolute atomic E-state index is 0.160. The average molecular weight is 597 g/mol. The summed E-state index contributed by atoms with van der Waals surface area (Å²) in [6, 6.07) is 5.49. The van der Waals surface area contributed by atoms with E-state index < -0.39 is 0 Å². The molecule has 0 bridgehead atoms. The van der Waals surface area contributed by atoms with Gasteiger partial charge >= 0.3 is 0 Å². The molecule has 12 heteroatoms. The van der Waals surface area contributed by atoms with Crippen LogP contribution in [0.2, 0.25) is 0 Å². The van der Waals surface area contributed by atoms with E-state index in [0.29, 0.717) is 55.4 Å². The second kappa shape index (κ2) is 13.7. The van der Waals surface area contributed by atoms with Crippen LogP contribution in [0.5, 0.6) is 23.0 Å². The molecule has 2 atom stereocenters. The quantitative estimate of drug-likeness (QED) is 0.162. The number of benzene rings is 2. The Morgan fingerprint density at radius 3 is 1.51 bits per heavy atom. The first-order valence-corrected chi connectivity index (χ1v) is 14.0. The molecule has 2 aromatic rings. The fourth-order valence-electron chi connectivity index (χ4n) is 5.37. The number of carbonyl (C=O) groups is 2. The molecule has 2 heterocycles. The Kier molecular flexibility index (Phi) is 10.0. The van der Waals surface area contributed by atoms with Crippen molar-refractivity contribution in [1.29, 1.82) is 0 Å². The number of nitrogens with zero attached hydrogens (tertiary/aromatic N) is 2. The van der Waals surface area contributed by atoms with Crippen LogP contribution >= 0.6 is 0 Å². The van der Waals surface area contributed by atoms with Crippen molar-refractivity contribution in [3.05, 3.63) is 59.7 Å². The van der Waals surface area contributed by atoms with Crippen molar-refractivity contribution in [3.63, 3.8) is 0 Å². The van der Waals surface area contributed by atoms with Crippen molar-refractivity contribution in [2.75, 3.05) is 65.2 Å². The smallest absolute Gasteiger partial charge is 0.258 e. The van der Waals surface area contributed by atoms with Crippen molar-refractivity contribution in [3.8, 4) is 23.0 Å². The predicted octanol–water partition coefficient (Wildman–Crippen LogP) is 2.24. The lowest BCUT2D eigenvalue weighted by atomic mass is 10.1. The first-order valence-electron chi connectivity index (χ1n) is 14.0. The largest absolute Gasteiger partial charge is 0.496 e. The van der Waals surface area contributed by atoms with Crippen LogP contribution < -0.4 is 30.4 Å². The summed E-state index contributed by atoms with van der Waals surface area (Å²) in [4.78, 5) is 29.5. The van der Waals surface area contributed by atoms with Gasteiger partial charge in [-0.3, -0.25) is 9.59 Å². The van der Waals surface area contributed by atoms with E-state index in [0.717, 1.165) is 11.1 Å². The van der Waals surface area contributed by atoms with Gasteiger partial charge in [0.05, 0.1) is 75.2 Å². The number of nitrogen functional groups attached to an aromatic ring is 2. The Bertz CT molecular complexity index is 1290. The summed E-state index contributed by atoms with van der Waals surface area (Å²) >= 11 is 0. The molecule has 4 rings (SSSR count). The molecule has 0 aromatic heterocycles. The summed E-state index contributed by atoms with van der Waals surface area (Å²) in [6.45, 7) is 8.77. The zero-order chi connectivity index (χ0) is 31.3. The normalized spacial score (nSPS) is 18.2. The molecule has 2 aliphatic rings. The third kappa shape index (κ3) is 6.81. The summed E-state index contributed by atoms with van der Waals surface area (Å²) < 4.78 is 22.6. The van der Waals surface area contributed by atoms with Gasteiger partial charge in [-0.25, -0.2) is 0 Å². The van der Waals surface area contributed by atoms with Gasteiger partial charge in [0, 0.05) is 31.6 Å². The number of likely N-dealkylation sites (tertiary alicyclic amines) is 2. The summed E-state index contributed by atoms with van der Waals surface area (Å²) in [5.74, 6) is 0.707. The minimum atomic E-state index is -0.336. The first kappa shape index (κ1) is 31.5. The lowest BCUT2D eigenvalue weighted by Gasteiger charge is -2.24. The highest BCUT2D eigenvalue weighted by Crippen LogP contribution is 2.35. The number of carbonyl (C=O) groups excluding carboxylic acids is 2. The van der Waals surface area contributed by atoms with Gasteiger partial charge in [-0.2, -0.15) is 0 Å². The van der Waals surface area contributed by atoms with Crippen LogP contribution in [0.1, 0.15) is 40.0 Å². The Morgan fingerprint density at radius 2 is 1.16 bits per heavy atom. The van der Waals surface area contributed by atoms with Crippen LogP contribution in [0.3, 0.4) is 0 Å². The van der Waals surface area contributed by atoms with Gasteiger partial charge in [-0.15, -0.1) is 0 Å². The lowest BCUT2D eigenvalue weighted by molar-refractivity contribution is 0.0670. The number of aliphatic hydroxyl groups excluding tert-OH is 2. The van der Waals surface area contributed by atoms with Crippen molar-refractivity contribution >= 4 is 23.2 Å². The van der Waals surface area contributed by atoms with Gasteiger partial charge in [0.25, 0.3) is 11.8 Å². The van der Waals surface area contributed by atoms with Crippen molar-refractivity contribution in [1.82, 2.24) is 9.80 Å². The number of ether oxygens (including phenoxy) is 4. The fraction of sp³-hybridized carbons (Fsp3) is 0.419. The highest BCUT2D eigenvalue weighted by atomic mass is 16.5. The van der Waals surface area contributed by atoms with Crippen LogP contribution in [-0.4, -0.2) is 97.6 Å². The molecule has 2 fully saturated rings. The third-order valence-corrected chi connectivity index (χ3v) is 7.59. The molecule has 2 aromatic carbocycles. The Morgan fingerprint density at radius 1 is 0.767 bits per heavy atom. The number of aliphatic hydroxyl groups is 2. The standard InChI is InChI=1S/C31H40N4O8/c1-18-8-20(16-36)34(14-18)30(38)22-10-24(32)28(12-26(22)40-3)42-6-5-7-43-29-13-27(41-4)23(11-25(29)33)31(39)35-15-19(2)9-21(35)17-37/h10-13,20-21,36-37H,1-2,5-9,14-17,32-33H2,3-4H3. The average Bonchev–Trinajstić information content (AvgIpc) is 3.58. The van der Waals surface area contributed by atoms with Crippen molar-refractivity contribution in [2.45, 2.75) is 31.3 Å². The Hall–Kier alpha value is -4.42. The van der Waals surface area contributed by atoms with Gasteiger partial charge in [-0.05, 0) is 25.0 Å². The zero-order valence-electron chi connectivity index (χ0n) is 24.6. The van der Waals surface area contributed by atoms with Crippen LogP contribution in [0.25, 0.3) is 0 Å². The molecular formula is C31H40N4O8. The fourth-order valence-corrected chi connectivity index (χ4v) is 5.37. The number of hydrogen-bond donors (Lipinski definition) is 4. The van der Waals surface area contributed by atoms with Crippen LogP contribution in [-0.2, 0) is 0 Å². The molecule has 2 amide bonds. The first-order chi connectivity index (χ1) is 20.6. The maximum Gasteiger partial charge on any atom is 0.258 e. The molecule has 43 heavy (non-hydrogen) atoms. The van der Waals surface area contributed by atoms with E-state index in [1.54, 1.807) is 21.9 Å². The van der Waals surface area contributed by atoms with E-state index >= 15 is 0 Å².